The van der Waals surface area contributed by atoms with E-state index in [4.69, 9.17) is 0 Å². The molecule has 0 bridgehead atoms. The number of tetrazole rings is 1. The van der Waals surface area contributed by atoms with Crippen LogP contribution in [0.2, 0.25) is 0 Å². The lowest BCUT2D eigenvalue weighted by molar-refractivity contribution is 0.102. The van der Waals surface area contributed by atoms with Gasteiger partial charge in [-0.15, -0.1) is 5.10 Å². The summed E-state index contributed by atoms with van der Waals surface area (Å²) in [7, 11) is 0. The summed E-state index contributed by atoms with van der Waals surface area (Å²) in [6, 6.07) is 15.3. The Morgan fingerprint density at radius 1 is 0.962 bits per heavy atom. The average molecular weight is 348 g/mol. The van der Waals surface area contributed by atoms with Crippen molar-refractivity contribution in [1.82, 2.24) is 20.2 Å². The molecule has 0 radical (unpaired) electrons. The summed E-state index contributed by atoms with van der Waals surface area (Å²) >= 11 is 0. The number of para-hydroxylation sites is 1. The highest BCUT2D eigenvalue weighted by Gasteiger charge is 2.14. The lowest BCUT2D eigenvalue weighted by atomic mass is 10.1. The number of nitrogens with zero attached hydrogens (tertiary/aromatic N) is 5. The zero-order chi connectivity index (χ0) is 17.8. The maximum absolute atomic E-state index is 12.7. The van der Waals surface area contributed by atoms with Gasteiger partial charge in [-0.05, 0) is 66.1 Å². The first kappa shape index (κ1) is 16.3. The van der Waals surface area contributed by atoms with E-state index in [1.54, 1.807) is 6.07 Å². The van der Waals surface area contributed by atoms with Crippen LogP contribution in [0.1, 0.15) is 29.6 Å². The minimum Gasteiger partial charge on any atom is -0.372 e. The number of rotatable bonds is 4. The van der Waals surface area contributed by atoms with E-state index in [-0.39, 0.29) is 5.91 Å². The highest BCUT2D eigenvalue weighted by molar-refractivity contribution is 6.06. The highest BCUT2D eigenvalue weighted by atomic mass is 16.1. The predicted molar refractivity (Wildman–Crippen MR) is 99.6 cm³/mol. The van der Waals surface area contributed by atoms with Crippen LogP contribution in [0.5, 0.6) is 0 Å². The molecule has 1 aliphatic heterocycles. The van der Waals surface area contributed by atoms with Crippen LogP contribution in [-0.2, 0) is 0 Å². The molecule has 3 aromatic rings. The normalized spacial score (nSPS) is 14.2. The summed E-state index contributed by atoms with van der Waals surface area (Å²) in [5.41, 5.74) is 3.12. The first-order chi connectivity index (χ1) is 12.8. The van der Waals surface area contributed by atoms with Crippen LogP contribution in [-0.4, -0.2) is 39.2 Å². The molecule has 1 aromatic heterocycles. The van der Waals surface area contributed by atoms with Gasteiger partial charge in [0.25, 0.3) is 5.91 Å². The first-order valence-electron chi connectivity index (χ1n) is 8.80. The number of nitrogens with one attached hydrogen (secondary N) is 1. The van der Waals surface area contributed by atoms with Crippen molar-refractivity contribution in [3.63, 3.8) is 0 Å². The van der Waals surface area contributed by atoms with Crippen LogP contribution in [0.15, 0.2) is 54.9 Å². The van der Waals surface area contributed by atoms with E-state index in [0.717, 1.165) is 18.8 Å². The Labute approximate surface area is 151 Å². The average Bonchev–Trinajstić information content (AvgIpc) is 3.24. The Balaban J connectivity index is 1.50. The Bertz CT molecular complexity index is 869. The standard InChI is InChI=1S/C19H20N6O/c26-19(17-6-2-3-7-18(17)25-14-20-22-23-25)21-15-8-10-16(11-9-15)24-12-4-1-5-13-24/h2-3,6-11,14H,1,4-5,12-13H2,(H,21,26). The molecule has 2 aromatic carbocycles. The molecule has 2 heterocycles. The number of hydrogen-bond acceptors (Lipinski definition) is 5. The predicted octanol–water partition coefficient (Wildman–Crippen LogP) is 2.90. The zero-order valence-electron chi connectivity index (χ0n) is 14.4. The van der Waals surface area contributed by atoms with Gasteiger partial charge in [-0.3, -0.25) is 4.79 Å². The molecule has 0 saturated carbocycles. The Kier molecular flexibility index (Phi) is 4.59. The van der Waals surface area contributed by atoms with Crippen LogP contribution in [0, 0.1) is 0 Å². The number of carbonyl (C=O) groups excluding carboxylic acids is 1. The number of benzene rings is 2. The van der Waals surface area contributed by atoms with Gasteiger partial charge in [-0.2, -0.15) is 4.68 Å². The lowest BCUT2D eigenvalue weighted by Gasteiger charge is -2.28. The molecule has 1 fully saturated rings. The molecule has 1 amide bonds. The van der Waals surface area contributed by atoms with Crippen LogP contribution in [0.4, 0.5) is 11.4 Å². The summed E-state index contributed by atoms with van der Waals surface area (Å²) < 4.78 is 1.48. The van der Waals surface area contributed by atoms with Gasteiger partial charge in [0.2, 0.25) is 0 Å². The fourth-order valence-corrected chi connectivity index (χ4v) is 3.24. The quantitative estimate of drug-likeness (QED) is 0.784. The van der Waals surface area contributed by atoms with Crippen molar-refractivity contribution in [3.8, 4) is 5.69 Å². The van der Waals surface area contributed by atoms with E-state index in [2.05, 4.69) is 37.9 Å². The molecule has 7 nitrogen and oxygen atoms in total. The maximum atomic E-state index is 12.7. The lowest BCUT2D eigenvalue weighted by Crippen LogP contribution is -2.29. The van der Waals surface area contributed by atoms with E-state index in [0.29, 0.717) is 11.3 Å². The van der Waals surface area contributed by atoms with Crippen molar-refractivity contribution in [2.75, 3.05) is 23.3 Å². The van der Waals surface area contributed by atoms with E-state index < -0.39 is 0 Å². The zero-order valence-corrected chi connectivity index (χ0v) is 14.4. The van der Waals surface area contributed by atoms with Crippen molar-refractivity contribution < 1.29 is 4.79 Å². The van der Waals surface area contributed by atoms with Crippen LogP contribution in [0.25, 0.3) is 5.69 Å². The van der Waals surface area contributed by atoms with E-state index >= 15 is 0 Å². The molecule has 0 unspecified atom stereocenters. The smallest absolute Gasteiger partial charge is 0.257 e. The summed E-state index contributed by atoms with van der Waals surface area (Å²) in [4.78, 5) is 15.1. The van der Waals surface area contributed by atoms with Gasteiger partial charge >= 0.3 is 0 Å². The monoisotopic (exact) mass is 348 g/mol. The van der Waals surface area contributed by atoms with Crippen LogP contribution in [0.3, 0.4) is 0 Å². The van der Waals surface area contributed by atoms with Crippen molar-refractivity contribution in [1.29, 1.82) is 0 Å². The number of hydrogen-bond donors (Lipinski definition) is 1. The Morgan fingerprint density at radius 3 is 2.46 bits per heavy atom. The summed E-state index contributed by atoms with van der Waals surface area (Å²) in [6.45, 7) is 2.20. The van der Waals surface area contributed by atoms with Crippen molar-refractivity contribution in [2.24, 2.45) is 0 Å². The third-order valence-corrected chi connectivity index (χ3v) is 4.59. The van der Waals surface area contributed by atoms with Crippen LogP contribution >= 0.6 is 0 Å². The van der Waals surface area contributed by atoms with Gasteiger partial charge in [0, 0.05) is 24.5 Å². The molecule has 26 heavy (non-hydrogen) atoms. The molecule has 7 heteroatoms. The molecular weight excluding hydrogens is 328 g/mol. The fourth-order valence-electron chi connectivity index (χ4n) is 3.24. The molecule has 132 valence electrons. The largest absolute Gasteiger partial charge is 0.372 e. The minimum atomic E-state index is -0.193. The van der Waals surface area contributed by atoms with Gasteiger partial charge < -0.3 is 10.2 Å². The second-order valence-electron chi connectivity index (χ2n) is 6.32. The van der Waals surface area contributed by atoms with Gasteiger partial charge in [-0.25, -0.2) is 0 Å². The summed E-state index contributed by atoms with van der Waals surface area (Å²) in [6.07, 6.45) is 5.27. The van der Waals surface area contributed by atoms with Crippen LogP contribution < -0.4 is 10.2 Å². The van der Waals surface area contributed by atoms with Gasteiger partial charge in [0.05, 0.1) is 11.3 Å². The SMILES string of the molecule is O=C(Nc1ccc(N2CCCCC2)cc1)c1ccccc1-n1cnnn1. The Morgan fingerprint density at radius 2 is 1.73 bits per heavy atom. The first-order valence-corrected chi connectivity index (χ1v) is 8.80. The molecule has 1 aliphatic rings. The molecule has 0 aliphatic carbocycles. The number of piperidine rings is 1. The van der Waals surface area contributed by atoms with Gasteiger partial charge in [0.15, 0.2) is 0 Å². The third kappa shape index (κ3) is 3.42. The molecule has 1 saturated heterocycles. The molecule has 4 rings (SSSR count). The Hall–Kier alpha value is -3.22. The van der Waals surface area contributed by atoms with E-state index in [1.807, 2.05) is 30.3 Å². The number of carbonyl (C=O) groups is 1. The van der Waals surface area contributed by atoms with Crippen molar-refractivity contribution in [2.45, 2.75) is 19.3 Å². The second kappa shape index (κ2) is 7.35. The van der Waals surface area contributed by atoms with Gasteiger partial charge in [-0.1, -0.05) is 12.1 Å². The fraction of sp³-hybridized carbons (Fsp3) is 0.263. The van der Waals surface area contributed by atoms with Crippen molar-refractivity contribution >= 4 is 17.3 Å². The van der Waals surface area contributed by atoms with Gasteiger partial charge in [0.1, 0.15) is 6.33 Å². The number of anilines is 2. The van der Waals surface area contributed by atoms with E-state index in [9.17, 15) is 4.79 Å². The van der Waals surface area contributed by atoms with Crippen molar-refractivity contribution in [3.05, 3.63) is 60.4 Å². The summed E-state index contributed by atoms with van der Waals surface area (Å²) in [5.74, 6) is -0.193. The molecule has 0 atom stereocenters. The summed E-state index contributed by atoms with van der Waals surface area (Å²) in [5, 5.41) is 14.1. The minimum absolute atomic E-state index is 0.193. The molecule has 1 N–H and O–H groups in total. The molecule has 0 spiro atoms. The second-order valence-corrected chi connectivity index (χ2v) is 6.32. The number of amides is 1. The van der Waals surface area contributed by atoms with E-state index in [1.165, 1.54) is 36.0 Å². The highest BCUT2D eigenvalue weighted by Crippen LogP contribution is 2.22. The molecular formula is C19H20N6O. The third-order valence-electron chi connectivity index (χ3n) is 4.59. The topological polar surface area (TPSA) is 75.9 Å². The maximum Gasteiger partial charge on any atom is 0.257 e. The number of aromatic nitrogens is 4.